The maximum absolute atomic E-state index is 4.35. The molecule has 0 saturated carbocycles. The summed E-state index contributed by atoms with van der Waals surface area (Å²) in [5, 5.41) is 16.4. The van der Waals surface area contributed by atoms with Gasteiger partial charge in [-0.1, -0.05) is 6.07 Å². The van der Waals surface area contributed by atoms with E-state index in [1.807, 2.05) is 49.8 Å². The second kappa shape index (κ2) is 7.21. The Morgan fingerprint density at radius 3 is 2.81 bits per heavy atom. The van der Waals surface area contributed by atoms with Gasteiger partial charge in [0, 0.05) is 31.2 Å². The summed E-state index contributed by atoms with van der Waals surface area (Å²) in [6.45, 7) is 3.91. The van der Waals surface area contributed by atoms with Crippen molar-refractivity contribution in [2.75, 3.05) is 25.5 Å². The lowest BCUT2D eigenvalue weighted by Gasteiger charge is -2.25. The number of aryl methyl sites for hydroxylation is 1. The van der Waals surface area contributed by atoms with E-state index in [9.17, 15) is 0 Å². The van der Waals surface area contributed by atoms with E-state index < -0.39 is 0 Å². The molecule has 0 aromatic carbocycles. The van der Waals surface area contributed by atoms with Crippen LogP contribution >= 0.6 is 0 Å². The summed E-state index contributed by atoms with van der Waals surface area (Å²) in [6, 6.07) is 10.4. The minimum Gasteiger partial charge on any atom is -0.368 e. The molecule has 3 aromatic heterocycles. The Morgan fingerprint density at radius 2 is 2.12 bits per heavy atom. The lowest BCUT2D eigenvalue weighted by atomic mass is 9.95. The number of likely N-dealkylation sites (tertiary alicyclic amines) is 1. The standard InChI is InChI=1S/C19H23N7/c1-14-7-11-26(24-14)18-6-5-17(22-23-18)21-13-16-8-10-25(2)19(16)15-4-3-9-20-12-15/h3-7,9,11-12,16,19H,8,10,13H2,1-2H3,(H,21,22)/t16-,19-/m0/s1. The number of rotatable bonds is 5. The third-order valence-corrected chi connectivity index (χ3v) is 4.95. The number of nitrogens with one attached hydrogen (secondary N) is 1. The van der Waals surface area contributed by atoms with Crippen LogP contribution in [0.25, 0.3) is 5.82 Å². The quantitative estimate of drug-likeness (QED) is 0.763. The predicted octanol–water partition coefficient (Wildman–Crippen LogP) is 2.47. The van der Waals surface area contributed by atoms with Crippen molar-refractivity contribution < 1.29 is 0 Å². The molecule has 134 valence electrons. The number of hydrogen-bond acceptors (Lipinski definition) is 6. The first kappa shape index (κ1) is 16.7. The van der Waals surface area contributed by atoms with Crippen molar-refractivity contribution in [3.05, 3.63) is 60.2 Å². The topological polar surface area (TPSA) is 71.8 Å². The molecule has 0 radical (unpaired) electrons. The van der Waals surface area contributed by atoms with Crippen LogP contribution in [0, 0.1) is 12.8 Å². The third-order valence-electron chi connectivity index (χ3n) is 4.95. The van der Waals surface area contributed by atoms with E-state index in [2.05, 4.69) is 43.6 Å². The Bertz CT molecular complexity index is 844. The van der Waals surface area contributed by atoms with E-state index in [0.29, 0.717) is 12.0 Å². The molecule has 0 aliphatic carbocycles. The molecule has 4 heterocycles. The number of hydrogen-bond donors (Lipinski definition) is 1. The molecular formula is C19H23N7. The molecule has 1 aliphatic heterocycles. The summed E-state index contributed by atoms with van der Waals surface area (Å²) in [5.41, 5.74) is 2.23. The lowest BCUT2D eigenvalue weighted by Crippen LogP contribution is -2.25. The Labute approximate surface area is 153 Å². The molecule has 2 atom stereocenters. The second-order valence-corrected chi connectivity index (χ2v) is 6.82. The monoisotopic (exact) mass is 349 g/mol. The Kier molecular flexibility index (Phi) is 4.62. The first-order valence-corrected chi connectivity index (χ1v) is 8.91. The molecule has 1 fully saturated rings. The molecule has 1 N–H and O–H groups in total. The van der Waals surface area contributed by atoms with Gasteiger partial charge in [0.1, 0.15) is 5.82 Å². The van der Waals surface area contributed by atoms with Crippen LogP contribution in [0.3, 0.4) is 0 Å². The average molecular weight is 349 g/mol. The van der Waals surface area contributed by atoms with Crippen molar-refractivity contribution in [2.45, 2.75) is 19.4 Å². The van der Waals surface area contributed by atoms with E-state index in [0.717, 1.165) is 36.8 Å². The number of nitrogens with zero attached hydrogens (tertiary/aromatic N) is 6. The molecular weight excluding hydrogens is 326 g/mol. The Morgan fingerprint density at radius 1 is 1.19 bits per heavy atom. The van der Waals surface area contributed by atoms with Crippen LogP contribution in [0.2, 0.25) is 0 Å². The minimum atomic E-state index is 0.385. The van der Waals surface area contributed by atoms with E-state index in [1.165, 1.54) is 5.56 Å². The van der Waals surface area contributed by atoms with Gasteiger partial charge in [-0.25, -0.2) is 4.68 Å². The highest BCUT2D eigenvalue weighted by atomic mass is 15.3. The van der Waals surface area contributed by atoms with Crippen molar-refractivity contribution in [3.8, 4) is 5.82 Å². The van der Waals surface area contributed by atoms with Gasteiger partial charge >= 0.3 is 0 Å². The van der Waals surface area contributed by atoms with Crippen molar-refractivity contribution in [2.24, 2.45) is 5.92 Å². The summed E-state index contributed by atoms with van der Waals surface area (Å²) >= 11 is 0. The summed E-state index contributed by atoms with van der Waals surface area (Å²) in [5.74, 6) is 2.02. The zero-order chi connectivity index (χ0) is 17.9. The zero-order valence-corrected chi connectivity index (χ0v) is 15.1. The van der Waals surface area contributed by atoms with E-state index in [-0.39, 0.29) is 0 Å². The molecule has 26 heavy (non-hydrogen) atoms. The van der Waals surface area contributed by atoms with E-state index in [4.69, 9.17) is 0 Å². The lowest BCUT2D eigenvalue weighted by molar-refractivity contribution is 0.281. The maximum atomic E-state index is 4.35. The molecule has 4 rings (SSSR count). The van der Waals surface area contributed by atoms with Gasteiger partial charge in [0.25, 0.3) is 0 Å². The van der Waals surface area contributed by atoms with Crippen LogP contribution in [-0.4, -0.2) is 50.0 Å². The van der Waals surface area contributed by atoms with Gasteiger partial charge in [0.05, 0.1) is 5.69 Å². The highest BCUT2D eigenvalue weighted by molar-refractivity contribution is 5.36. The second-order valence-electron chi connectivity index (χ2n) is 6.82. The van der Waals surface area contributed by atoms with Gasteiger partial charge in [0.15, 0.2) is 5.82 Å². The molecule has 7 nitrogen and oxygen atoms in total. The fourth-order valence-electron chi connectivity index (χ4n) is 3.64. The van der Waals surface area contributed by atoms with Gasteiger partial charge < -0.3 is 5.32 Å². The van der Waals surface area contributed by atoms with Gasteiger partial charge in [-0.2, -0.15) is 5.10 Å². The van der Waals surface area contributed by atoms with Crippen LogP contribution in [0.5, 0.6) is 0 Å². The van der Waals surface area contributed by atoms with Crippen LogP contribution < -0.4 is 5.32 Å². The molecule has 0 spiro atoms. The average Bonchev–Trinajstić information content (AvgIpc) is 3.27. The molecule has 0 bridgehead atoms. The van der Waals surface area contributed by atoms with Crippen LogP contribution in [0.1, 0.15) is 23.7 Å². The number of pyridine rings is 1. The molecule has 3 aromatic rings. The summed E-state index contributed by atoms with van der Waals surface area (Å²) < 4.78 is 1.73. The summed E-state index contributed by atoms with van der Waals surface area (Å²) in [7, 11) is 2.18. The molecule has 0 amide bonds. The zero-order valence-electron chi connectivity index (χ0n) is 15.1. The van der Waals surface area contributed by atoms with Gasteiger partial charge in [-0.05, 0) is 62.7 Å². The fourth-order valence-corrected chi connectivity index (χ4v) is 3.64. The number of anilines is 1. The minimum absolute atomic E-state index is 0.385. The first-order valence-electron chi connectivity index (χ1n) is 8.91. The molecule has 0 unspecified atom stereocenters. The van der Waals surface area contributed by atoms with Crippen LogP contribution in [0.15, 0.2) is 48.9 Å². The maximum Gasteiger partial charge on any atom is 0.175 e. The molecule has 1 saturated heterocycles. The van der Waals surface area contributed by atoms with Crippen molar-refractivity contribution in [3.63, 3.8) is 0 Å². The molecule has 1 aliphatic rings. The number of aromatic nitrogens is 5. The molecule has 7 heteroatoms. The third kappa shape index (κ3) is 3.43. The van der Waals surface area contributed by atoms with E-state index in [1.54, 1.807) is 4.68 Å². The van der Waals surface area contributed by atoms with Gasteiger partial charge in [0.2, 0.25) is 0 Å². The Hall–Kier alpha value is -2.80. The highest BCUT2D eigenvalue weighted by Gasteiger charge is 2.32. The van der Waals surface area contributed by atoms with Gasteiger partial charge in [-0.3, -0.25) is 9.88 Å². The normalized spacial score (nSPS) is 20.4. The first-order chi connectivity index (χ1) is 12.7. The van der Waals surface area contributed by atoms with Crippen molar-refractivity contribution in [1.29, 1.82) is 0 Å². The summed E-state index contributed by atoms with van der Waals surface area (Å²) in [6.07, 6.45) is 6.84. The van der Waals surface area contributed by atoms with Crippen LogP contribution in [-0.2, 0) is 0 Å². The van der Waals surface area contributed by atoms with Crippen LogP contribution in [0.4, 0.5) is 5.82 Å². The Balaban J connectivity index is 1.42. The smallest absolute Gasteiger partial charge is 0.175 e. The predicted molar refractivity (Wildman–Crippen MR) is 100 cm³/mol. The highest BCUT2D eigenvalue weighted by Crippen LogP contribution is 2.35. The van der Waals surface area contributed by atoms with Crippen molar-refractivity contribution >= 4 is 5.82 Å². The van der Waals surface area contributed by atoms with E-state index >= 15 is 0 Å². The largest absolute Gasteiger partial charge is 0.368 e. The summed E-state index contributed by atoms with van der Waals surface area (Å²) in [4.78, 5) is 6.68. The SMILES string of the molecule is Cc1ccn(-c2ccc(NC[C@@H]3CCN(C)[C@H]3c3cccnc3)nn2)n1. The van der Waals surface area contributed by atoms with Gasteiger partial charge in [-0.15, -0.1) is 10.2 Å². The van der Waals surface area contributed by atoms with Crippen molar-refractivity contribution in [1.82, 2.24) is 29.9 Å². The fraction of sp³-hybridized carbons (Fsp3) is 0.368.